The highest BCUT2D eigenvalue weighted by atomic mass is 16.5. The van der Waals surface area contributed by atoms with Crippen molar-refractivity contribution in [1.29, 1.82) is 0 Å². The second kappa shape index (κ2) is 6.16. The van der Waals surface area contributed by atoms with Crippen molar-refractivity contribution in [2.24, 2.45) is 0 Å². The van der Waals surface area contributed by atoms with Crippen molar-refractivity contribution in [3.8, 4) is 0 Å². The van der Waals surface area contributed by atoms with E-state index < -0.39 is 12.0 Å². The molecule has 0 heterocycles. The van der Waals surface area contributed by atoms with Gasteiger partial charge in [-0.05, 0) is 12.6 Å². The van der Waals surface area contributed by atoms with Crippen LogP contribution >= 0.6 is 0 Å². The van der Waals surface area contributed by atoms with Gasteiger partial charge in [0.2, 0.25) is 0 Å². The van der Waals surface area contributed by atoms with Gasteiger partial charge in [-0.3, -0.25) is 4.79 Å². The van der Waals surface area contributed by atoms with Crippen LogP contribution in [0.25, 0.3) is 0 Å². The van der Waals surface area contributed by atoms with Gasteiger partial charge in [0.25, 0.3) is 0 Å². The largest absolute Gasteiger partial charge is 0.480 e. The summed E-state index contributed by atoms with van der Waals surface area (Å²) in [7, 11) is 1.60. The minimum Gasteiger partial charge on any atom is -0.480 e. The van der Waals surface area contributed by atoms with Crippen LogP contribution in [0.2, 0.25) is 0 Å². The second-order valence-corrected chi connectivity index (χ2v) is 3.18. The first-order chi connectivity index (χ1) is 7.24. The Hall–Kier alpha value is -1.39. The SMILES string of the molecule is CN[C@@H](COCc1ccccc1)C(=O)O. The van der Waals surface area contributed by atoms with Crippen molar-refractivity contribution in [3.63, 3.8) is 0 Å². The lowest BCUT2D eigenvalue weighted by Gasteiger charge is -2.11. The Morgan fingerprint density at radius 2 is 2.13 bits per heavy atom. The molecule has 0 fully saturated rings. The number of carbonyl (C=O) groups is 1. The van der Waals surface area contributed by atoms with Crippen molar-refractivity contribution < 1.29 is 14.6 Å². The molecule has 1 atom stereocenters. The van der Waals surface area contributed by atoms with E-state index in [2.05, 4.69) is 5.32 Å². The van der Waals surface area contributed by atoms with Gasteiger partial charge in [-0.25, -0.2) is 0 Å². The van der Waals surface area contributed by atoms with Crippen LogP contribution in [0.4, 0.5) is 0 Å². The van der Waals surface area contributed by atoms with Gasteiger partial charge in [-0.1, -0.05) is 30.3 Å². The van der Waals surface area contributed by atoms with E-state index in [1.807, 2.05) is 30.3 Å². The number of hydrogen-bond acceptors (Lipinski definition) is 3. The van der Waals surface area contributed by atoms with Gasteiger partial charge in [0.1, 0.15) is 6.04 Å². The highest BCUT2D eigenvalue weighted by Crippen LogP contribution is 2.00. The summed E-state index contributed by atoms with van der Waals surface area (Å²) >= 11 is 0. The molecule has 4 nitrogen and oxygen atoms in total. The van der Waals surface area contributed by atoms with Crippen LogP contribution in [0.3, 0.4) is 0 Å². The van der Waals surface area contributed by atoms with Gasteiger partial charge in [-0.15, -0.1) is 0 Å². The Labute approximate surface area is 88.9 Å². The minimum absolute atomic E-state index is 0.167. The molecule has 0 aliphatic heterocycles. The zero-order chi connectivity index (χ0) is 11.1. The first-order valence-electron chi connectivity index (χ1n) is 4.75. The first-order valence-corrected chi connectivity index (χ1v) is 4.75. The fourth-order valence-electron chi connectivity index (χ4n) is 1.15. The number of carboxylic acid groups (broad SMARTS) is 1. The number of hydrogen-bond donors (Lipinski definition) is 2. The summed E-state index contributed by atoms with van der Waals surface area (Å²) in [6.45, 7) is 0.604. The standard InChI is InChI=1S/C11H15NO3/c1-12-10(11(13)14)8-15-7-9-5-3-2-4-6-9/h2-6,10,12H,7-8H2,1H3,(H,13,14)/t10-/m0/s1. The average Bonchev–Trinajstić information content (AvgIpc) is 2.25. The molecule has 1 rings (SSSR count). The van der Waals surface area contributed by atoms with E-state index in [0.29, 0.717) is 6.61 Å². The van der Waals surface area contributed by atoms with E-state index in [4.69, 9.17) is 9.84 Å². The second-order valence-electron chi connectivity index (χ2n) is 3.18. The zero-order valence-corrected chi connectivity index (χ0v) is 8.64. The van der Waals surface area contributed by atoms with Gasteiger partial charge >= 0.3 is 5.97 Å². The topological polar surface area (TPSA) is 58.6 Å². The van der Waals surface area contributed by atoms with Crippen LogP contribution in [0, 0.1) is 0 Å². The molecule has 0 radical (unpaired) electrons. The molecule has 1 aromatic carbocycles. The smallest absolute Gasteiger partial charge is 0.323 e. The average molecular weight is 209 g/mol. The molecule has 0 aromatic heterocycles. The number of ether oxygens (including phenoxy) is 1. The monoisotopic (exact) mass is 209 g/mol. The van der Waals surface area contributed by atoms with Gasteiger partial charge in [0.15, 0.2) is 0 Å². The third kappa shape index (κ3) is 4.10. The molecule has 0 bridgehead atoms. The normalized spacial score (nSPS) is 12.3. The van der Waals surface area contributed by atoms with Crippen LogP contribution in [0.5, 0.6) is 0 Å². The third-order valence-corrected chi connectivity index (χ3v) is 2.04. The summed E-state index contributed by atoms with van der Waals surface area (Å²) in [4.78, 5) is 10.6. The zero-order valence-electron chi connectivity index (χ0n) is 8.64. The molecule has 0 aliphatic rings. The lowest BCUT2D eigenvalue weighted by atomic mass is 10.2. The predicted octanol–water partition coefficient (Wildman–Crippen LogP) is 0.876. The molecule has 2 N–H and O–H groups in total. The number of nitrogens with one attached hydrogen (secondary N) is 1. The van der Waals surface area contributed by atoms with E-state index >= 15 is 0 Å². The number of carboxylic acids is 1. The third-order valence-electron chi connectivity index (χ3n) is 2.04. The Balaban J connectivity index is 2.30. The molecule has 0 saturated heterocycles. The van der Waals surface area contributed by atoms with Gasteiger partial charge in [0.05, 0.1) is 13.2 Å². The summed E-state index contributed by atoms with van der Waals surface area (Å²) in [6, 6.07) is 9.01. The fraction of sp³-hybridized carbons (Fsp3) is 0.364. The minimum atomic E-state index is -0.898. The molecule has 0 amide bonds. The van der Waals surface area contributed by atoms with Crippen LogP contribution in [-0.4, -0.2) is 30.8 Å². The van der Waals surface area contributed by atoms with Crippen molar-refractivity contribution in [2.45, 2.75) is 12.6 Å². The Kier molecular flexibility index (Phi) is 4.80. The van der Waals surface area contributed by atoms with Crippen molar-refractivity contribution in [3.05, 3.63) is 35.9 Å². The molecule has 4 heteroatoms. The van der Waals surface area contributed by atoms with Crippen LogP contribution in [0.15, 0.2) is 30.3 Å². The highest BCUT2D eigenvalue weighted by Gasteiger charge is 2.14. The van der Waals surface area contributed by atoms with Gasteiger partial charge in [-0.2, -0.15) is 0 Å². The number of rotatable bonds is 6. The highest BCUT2D eigenvalue weighted by molar-refractivity contribution is 5.73. The Morgan fingerprint density at radius 3 is 2.67 bits per heavy atom. The molecule has 15 heavy (non-hydrogen) atoms. The Morgan fingerprint density at radius 1 is 1.47 bits per heavy atom. The summed E-state index contributed by atoms with van der Waals surface area (Å²) in [5.74, 6) is -0.898. The summed E-state index contributed by atoms with van der Waals surface area (Å²) in [6.07, 6.45) is 0. The maximum atomic E-state index is 10.6. The molecule has 0 aliphatic carbocycles. The number of benzene rings is 1. The van der Waals surface area contributed by atoms with Crippen LogP contribution in [-0.2, 0) is 16.1 Å². The van der Waals surface area contributed by atoms with E-state index in [1.54, 1.807) is 7.05 Å². The maximum Gasteiger partial charge on any atom is 0.323 e. The predicted molar refractivity (Wildman–Crippen MR) is 56.6 cm³/mol. The summed E-state index contributed by atoms with van der Waals surface area (Å²) in [5, 5.41) is 11.4. The summed E-state index contributed by atoms with van der Waals surface area (Å²) < 4.78 is 5.29. The van der Waals surface area contributed by atoms with Crippen LogP contribution in [0.1, 0.15) is 5.56 Å². The van der Waals surface area contributed by atoms with Crippen molar-refractivity contribution in [2.75, 3.05) is 13.7 Å². The molecule has 0 saturated carbocycles. The number of aliphatic carboxylic acids is 1. The van der Waals surface area contributed by atoms with Crippen molar-refractivity contribution in [1.82, 2.24) is 5.32 Å². The van der Waals surface area contributed by atoms with Crippen molar-refractivity contribution >= 4 is 5.97 Å². The molecular formula is C11H15NO3. The molecule has 1 aromatic rings. The fourth-order valence-corrected chi connectivity index (χ4v) is 1.15. The Bertz CT molecular complexity index is 300. The maximum absolute atomic E-state index is 10.6. The molecule has 0 unspecified atom stereocenters. The van der Waals surface area contributed by atoms with E-state index in [-0.39, 0.29) is 6.61 Å². The van der Waals surface area contributed by atoms with E-state index in [9.17, 15) is 4.79 Å². The summed E-state index contributed by atoms with van der Waals surface area (Å²) in [5.41, 5.74) is 1.04. The van der Waals surface area contributed by atoms with Gasteiger partial charge in [0, 0.05) is 0 Å². The quantitative estimate of drug-likeness (QED) is 0.730. The lowest BCUT2D eigenvalue weighted by Crippen LogP contribution is -2.37. The molecular weight excluding hydrogens is 194 g/mol. The first kappa shape index (κ1) is 11.7. The lowest BCUT2D eigenvalue weighted by molar-refractivity contribution is -0.141. The van der Waals surface area contributed by atoms with E-state index in [0.717, 1.165) is 5.56 Å². The molecule has 0 spiro atoms. The number of likely N-dealkylation sites (N-methyl/N-ethyl adjacent to an activating group) is 1. The van der Waals surface area contributed by atoms with Crippen LogP contribution < -0.4 is 5.32 Å². The van der Waals surface area contributed by atoms with Gasteiger partial charge < -0.3 is 15.2 Å². The van der Waals surface area contributed by atoms with E-state index in [1.165, 1.54) is 0 Å². The molecule has 82 valence electrons.